The molecule has 0 spiro atoms. The number of nitrogens with zero attached hydrogens (tertiary/aromatic N) is 4. The Kier molecular flexibility index (Phi) is 9.61. The molecule has 9 heteroatoms. The quantitative estimate of drug-likeness (QED) is 0.178. The van der Waals surface area contributed by atoms with E-state index in [2.05, 4.69) is 11.0 Å². The van der Waals surface area contributed by atoms with E-state index in [0.717, 1.165) is 42.0 Å². The Bertz CT molecular complexity index is 2010. The molecule has 2 aliphatic heterocycles. The molecule has 3 heterocycles. The Morgan fingerprint density at radius 1 is 0.820 bits per heavy atom. The van der Waals surface area contributed by atoms with Crippen molar-refractivity contribution in [3.63, 3.8) is 0 Å². The summed E-state index contributed by atoms with van der Waals surface area (Å²) in [5, 5.41) is 0. The Morgan fingerprint density at radius 3 is 2.18 bits per heavy atom. The van der Waals surface area contributed by atoms with Crippen LogP contribution in [0.2, 0.25) is 0 Å². The molecule has 7 nitrogen and oxygen atoms in total. The first-order chi connectivity index (χ1) is 24.3. The second kappa shape index (κ2) is 14.4. The number of hydrogen-bond donors (Lipinski definition) is 0. The van der Waals surface area contributed by atoms with Crippen LogP contribution in [0.3, 0.4) is 0 Å². The minimum atomic E-state index is -1.10. The van der Waals surface area contributed by atoms with Crippen LogP contribution in [0, 0.1) is 18.6 Å². The summed E-state index contributed by atoms with van der Waals surface area (Å²) in [6, 6.07) is 30.8. The van der Waals surface area contributed by atoms with Crippen LogP contribution in [0.1, 0.15) is 43.1 Å². The van der Waals surface area contributed by atoms with Crippen molar-refractivity contribution in [2.45, 2.75) is 32.5 Å². The Balaban J connectivity index is 1.27. The fourth-order valence-corrected chi connectivity index (χ4v) is 7.13. The van der Waals surface area contributed by atoms with Gasteiger partial charge in [-0.2, -0.15) is 0 Å². The topological polar surface area (TPSA) is 58.0 Å². The number of fused-ring (bicyclic) bond motifs is 1. The number of amides is 2. The number of rotatable bonds is 8. The van der Waals surface area contributed by atoms with Gasteiger partial charge in [-0.25, -0.2) is 8.78 Å². The van der Waals surface area contributed by atoms with Crippen LogP contribution in [0.15, 0.2) is 103 Å². The molecule has 0 saturated carbocycles. The summed E-state index contributed by atoms with van der Waals surface area (Å²) in [5.41, 5.74) is 5.68. The van der Waals surface area contributed by atoms with Crippen molar-refractivity contribution >= 4 is 17.5 Å². The zero-order chi connectivity index (χ0) is 34.8. The molecule has 256 valence electrons. The van der Waals surface area contributed by atoms with E-state index in [1.54, 1.807) is 27.5 Å². The molecule has 0 N–H and O–H groups in total. The lowest BCUT2D eigenvalue weighted by Crippen LogP contribution is -2.52. The zero-order valence-corrected chi connectivity index (χ0v) is 28.3. The van der Waals surface area contributed by atoms with Gasteiger partial charge < -0.3 is 19.1 Å². The maximum atomic E-state index is 15.1. The Hall–Kier alpha value is -5.12. The molecule has 1 fully saturated rings. The number of morpholine rings is 1. The smallest absolute Gasteiger partial charge is 0.260 e. The molecule has 7 rings (SSSR count). The van der Waals surface area contributed by atoms with E-state index in [4.69, 9.17) is 4.74 Å². The summed E-state index contributed by atoms with van der Waals surface area (Å²) in [4.78, 5) is 34.9. The average Bonchev–Trinajstić information content (AvgIpc) is 3.45. The van der Waals surface area contributed by atoms with E-state index < -0.39 is 11.6 Å². The lowest BCUT2D eigenvalue weighted by molar-refractivity contribution is 0.0193. The van der Waals surface area contributed by atoms with Gasteiger partial charge in [0.1, 0.15) is 0 Å². The fourth-order valence-electron chi connectivity index (χ4n) is 7.13. The van der Waals surface area contributed by atoms with Gasteiger partial charge in [-0.15, -0.1) is 0 Å². The van der Waals surface area contributed by atoms with E-state index in [0.29, 0.717) is 56.2 Å². The predicted octanol–water partition coefficient (Wildman–Crippen LogP) is 7.03. The maximum absolute atomic E-state index is 15.1. The van der Waals surface area contributed by atoms with Crippen LogP contribution in [0.25, 0.3) is 11.3 Å². The zero-order valence-electron chi connectivity index (χ0n) is 28.3. The standard InChI is InChI=1S/C41H40F2N4O3/c1-28-34(40(48)46(32-15-7-4-8-16-32)25-29-11-5-3-6-12-29)24-39(44(28)2)35-22-37(42)38(43)23-36(35)41(49)47-26-31-14-10-9-13-30(31)21-33(47)27-45-17-19-50-20-18-45/h3-16,22-24,33H,17-21,25-27H2,1-2H3. The highest BCUT2D eigenvalue weighted by atomic mass is 19.2. The van der Waals surface area contributed by atoms with E-state index in [-0.39, 0.29) is 29.0 Å². The minimum Gasteiger partial charge on any atom is -0.379 e. The lowest BCUT2D eigenvalue weighted by atomic mass is 9.92. The normalized spacial score (nSPS) is 16.2. The van der Waals surface area contributed by atoms with Gasteiger partial charge >= 0.3 is 0 Å². The summed E-state index contributed by atoms with van der Waals surface area (Å²) in [5.74, 6) is -2.78. The van der Waals surface area contributed by atoms with Crippen LogP contribution in [-0.4, -0.2) is 65.1 Å². The van der Waals surface area contributed by atoms with Gasteiger partial charge in [0.2, 0.25) is 0 Å². The number of carbonyl (C=O) groups excluding carboxylic acids is 2. The van der Waals surface area contributed by atoms with Gasteiger partial charge in [-0.05, 0) is 60.4 Å². The van der Waals surface area contributed by atoms with Crippen LogP contribution in [0.4, 0.5) is 14.5 Å². The van der Waals surface area contributed by atoms with Gasteiger partial charge in [-0.1, -0.05) is 72.8 Å². The summed E-state index contributed by atoms with van der Waals surface area (Å²) < 4.78 is 37.5. The van der Waals surface area contributed by atoms with E-state index >= 15 is 8.78 Å². The summed E-state index contributed by atoms with van der Waals surface area (Å²) >= 11 is 0. The van der Waals surface area contributed by atoms with Gasteiger partial charge in [0.05, 0.1) is 30.9 Å². The lowest BCUT2D eigenvalue weighted by Gasteiger charge is -2.40. The SMILES string of the molecule is Cc1c(C(=O)N(Cc2ccccc2)c2ccccc2)cc(-c2cc(F)c(F)cc2C(=O)N2Cc3ccccc3CC2CN2CCOCC2)n1C. The Morgan fingerprint density at radius 2 is 1.46 bits per heavy atom. The number of aromatic nitrogens is 1. The summed E-state index contributed by atoms with van der Waals surface area (Å²) in [7, 11) is 1.78. The molecule has 0 aliphatic carbocycles. The highest BCUT2D eigenvalue weighted by Crippen LogP contribution is 2.34. The van der Waals surface area contributed by atoms with Crippen molar-refractivity contribution in [3.05, 3.63) is 148 Å². The van der Waals surface area contributed by atoms with Gasteiger partial charge in [0, 0.05) is 61.9 Å². The maximum Gasteiger partial charge on any atom is 0.260 e. The molecule has 0 radical (unpaired) electrons. The minimum absolute atomic E-state index is 0.0547. The number of hydrogen-bond acceptors (Lipinski definition) is 4. The van der Waals surface area contributed by atoms with Gasteiger partial charge in [-0.3, -0.25) is 14.5 Å². The molecular weight excluding hydrogens is 634 g/mol. The average molecular weight is 675 g/mol. The van der Waals surface area contributed by atoms with Crippen molar-refractivity contribution in [3.8, 4) is 11.3 Å². The molecule has 4 aromatic carbocycles. The highest BCUT2D eigenvalue weighted by Gasteiger charge is 2.34. The third-order valence-corrected chi connectivity index (χ3v) is 10.0. The number of benzene rings is 4. The van der Waals surface area contributed by atoms with Crippen LogP contribution < -0.4 is 4.90 Å². The first-order valence-electron chi connectivity index (χ1n) is 17.0. The van der Waals surface area contributed by atoms with Crippen molar-refractivity contribution in [1.29, 1.82) is 0 Å². The summed E-state index contributed by atoms with van der Waals surface area (Å²) in [6.45, 7) is 5.94. The molecule has 0 bridgehead atoms. The monoisotopic (exact) mass is 674 g/mol. The van der Waals surface area contributed by atoms with Crippen molar-refractivity contribution in [1.82, 2.24) is 14.4 Å². The Labute approximate surface area is 291 Å². The predicted molar refractivity (Wildman–Crippen MR) is 190 cm³/mol. The molecule has 2 amide bonds. The van der Waals surface area contributed by atoms with Crippen molar-refractivity contribution < 1.29 is 23.1 Å². The molecule has 1 atom stereocenters. The molecule has 1 unspecified atom stereocenters. The summed E-state index contributed by atoms with van der Waals surface area (Å²) in [6.07, 6.45) is 0.650. The first kappa shape index (κ1) is 33.4. The van der Waals surface area contributed by atoms with Gasteiger partial charge in [0.15, 0.2) is 11.6 Å². The molecule has 5 aromatic rings. The molecule has 50 heavy (non-hydrogen) atoms. The third kappa shape index (κ3) is 6.71. The number of halogens is 2. The van der Waals surface area contributed by atoms with Crippen molar-refractivity contribution in [2.24, 2.45) is 7.05 Å². The molecule has 2 aliphatic rings. The van der Waals surface area contributed by atoms with Crippen LogP contribution in [0.5, 0.6) is 0 Å². The highest BCUT2D eigenvalue weighted by molar-refractivity contribution is 6.08. The number of ether oxygens (including phenoxy) is 1. The first-order valence-corrected chi connectivity index (χ1v) is 17.0. The molecule has 1 saturated heterocycles. The fraction of sp³-hybridized carbons (Fsp3) is 0.268. The second-order valence-electron chi connectivity index (χ2n) is 13.1. The van der Waals surface area contributed by atoms with Gasteiger partial charge in [0.25, 0.3) is 11.8 Å². The number of carbonyl (C=O) groups is 2. The largest absolute Gasteiger partial charge is 0.379 e. The second-order valence-corrected chi connectivity index (χ2v) is 13.1. The molecule has 1 aromatic heterocycles. The van der Waals surface area contributed by atoms with E-state index in [1.165, 1.54) is 5.56 Å². The van der Waals surface area contributed by atoms with Crippen LogP contribution >= 0.6 is 0 Å². The van der Waals surface area contributed by atoms with E-state index in [1.807, 2.05) is 85.8 Å². The number of para-hydroxylation sites is 1. The molecular formula is C41H40F2N4O3. The van der Waals surface area contributed by atoms with Crippen molar-refractivity contribution in [2.75, 3.05) is 37.7 Å². The third-order valence-electron chi connectivity index (χ3n) is 10.0. The number of anilines is 1. The van der Waals surface area contributed by atoms with E-state index in [9.17, 15) is 9.59 Å². The van der Waals surface area contributed by atoms with Crippen LogP contribution in [-0.2, 0) is 31.3 Å².